The van der Waals surface area contributed by atoms with E-state index >= 15 is 0 Å². The Kier molecular flexibility index (Phi) is 8.86. The summed E-state index contributed by atoms with van der Waals surface area (Å²) >= 11 is 0. The van der Waals surface area contributed by atoms with Gasteiger partial charge in [0.05, 0.1) is 11.6 Å². The number of rotatable bonds is 3. The molecule has 0 bridgehead atoms. The van der Waals surface area contributed by atoms with Gasteiger partial charge in [0.25, 0.3) is 0 Å². The van der Waals surface area contributed by atoms with Gasteiger partial charge in [-0.05, 0) is 34.6 Å². The van der Waals surface area contributed by atoms with Crippen LogP contribution < -0.4 is 0 Å². The van der Waals surface area contributed by atoms with E-state index in [0.29, 0.717) is 6.07 Å². The zero-order valence-electron chi connectivity index (χ0n) is 17.7. The minimum Gasteiger partial charge on any atom is -0.305 e. The van der Waals surface area contributed by atoms with Crippen LogP contribution in [-0.4, -0.2) is 9.97 Å². The Hall–Kier alpha value is -3.60. The Morgan fingerprint density at radius 2 is 1.35 bits per heavy atom. The molecule has 1 radical (unpaired) electrons. The zero-order chi connectivity index (χ0) is 23.0. The van der Waals surface area contributed by atoms with E-state index < -0.39 is 17.5 Å². The maximum Gasteiger partial charge on any atom is 0.0756 e. The van der Waals surface area contributed by atoms with Gasteiger partial charge in [0.15, 0.2) is 0 Å². The number of halogens is 3. The van der Waals surface area contributed by atoms with Crippen LogP contribution in [0.5, 0.6) is 0 Å². The van der Waals surface area contributed by atoms with Crippen molar-refractivity contribution < 1.29 is 33.3 Å². The minimum atomic E-state index is -1.26. The first-order valence-corrected chi connectivity index (χ1v) is 10.1. The van der Waals surface area contributed by atoms with Gasteiger partial charge in [0.1, 0.15) is 0 Å². The quantitative estimate of drug-likeness (QED) is 0.156. The van der Waals surface area contributed by atoms with Gasteiger partial charge < -0.3 is 9.97 Å². The summed E-state index contributed by atoms with van der Waals surface area (Å²) in [6.45, 7) is 0. The fourth-order valence-corrected chi connectivity index (χ4v) is 3.11. The van der Waals surface area contributed by atoms with Gasteiger partial charge in [0.2, 0.25) is 0 Å². The topological polar surface area (TPSA) is 25.8 Å². The van der Waals surface area contributed by atoms with E-state index in [9.17, 15) is 13.2 Å². The summed E-state index contributed by atoms with van der Waals surface area (Å²) in [5, 5.41) is 0. The Labute approximate surface area is 209 Å². The Morgan fingerprint density at radius 1 is 0.618 bits per heavy atom. The van der Waals surface area contributed by atoms with Crippen LogP contribution in [0.25, 0.3) is 33.6 Å². The maximum absolute atomic E-state index is 13.2. The van der Waals surface area contributed by atoms with Crippen LogP contribution in [0, 0.1) is 29.6 Å². The zero-order valence-corrected chi connectivity index (χ0v) is 20.1. The maximum atomic E-state index is 13.2. The van der Waals surface area contributed by atoms with E-state index in [4.69, 9.17) is 0 Å². The number of pyridine rings is 2. The fourth-order valence-electron chi connectivity index (χ4n) is 3.11. The molecular formula is C28H17F3IrN2-2. The van der Waals surface area contributed by atoms with Crippen molar-refractivity contribution in [2.45, 2.75) is 0 Å². The molecule has 2 nitrogen and oxygen atoms in total. The number of nitrogens with zero attached hydrogens (tertiary/aromatic N) is 2. The summed E-state index contributed by atoms with van der Waals surface area (Å²) in [4.78, 5) is 8.22. The van der Waals surface area contributed by atoms with E-state index in [0.717, 1.165) is 11.3 Å². The molecule has 0 spiro atoms. The predicted molar refractivity (Wildman–Crippen MR) is 122 cm³/mol. The van der Waals surface area contributed by atoms with Gasteiger partial charge in [-0.15, -0.1) is 35.9 Å². The molecule has 171 valence electrons. The van der Waals surface area contributed by atoms with E-state index in [2.05, 4.69) is 34.2 Å². The van der Waals surface area contributed by atoms with Crippen molar-refractivity contribution in [3.63, 3.8) is 0 Å². The number of aromatic nitrogens is 2. The van der Waals surface area contributed by atoms with Crippen LogP contribution >= 0.6 is 0 Å². The van der Waals surface area contributed by atoms with Crippen LogP contribution in [0.15, 0.2) is 103 Å². The first-order valence-electron chi connectivity index (χ1n) is 10.1. The molecule has 0 N–H and O–H groups in total. The van der Waals surface area contributed by atoms with Crippen LogP contribution in [-0.2, 0) is 20.1 Å². The SMILES string of the molecule is Fc1[c-]c(-c2ccccn2)c(F)cc1F.[Ir].[c-]1ccccc1-c1cc(-c2ccccc2)ccn1. The normalized spacial score (nSPS) is 9.97. The first-order chi connectivity index (χ1) is 16.1. The molecule has 3 aromatic carbocycles. The van der Waals surface area contributed by atoms with Crippen molar-refractivity contribution >= 4 is 0 Å². The van der Waals surface area contributed by atoms with Crippen LogP contribution in [0.1, 0.15) is 0 Å². The third-order valence-electron chi connectivity index (χ3n) is 4.71. The number of benzene rings is 3. The minimum absolute atomic E-state index is 0. The summed E-state index contributed by atoms with van der Waals surface area (Å²) < 4.78 is 38.7. The molecule has 0 saturated heterocycles. The molecule has 5 aromatic rings. The largest absolute Gasteiger partial charge is 0.305 e. The van der Waals surface area contributed by atoms with Crippen LogP contribution in [0.4, 0.5) is 13.2 Å². The van der Waals surface area contributed by atoms with Gasteiger partial charge in [-0.1, -0.05) is 66.2 Å². The molecule has 2 aromatic heterocycles. The predicted octanol–water partition coefficient (Wildman–Crippen LogP) is 7.18. The first kappa shape index (κ1) is 25.0. The second-order valence-corrected chi connectivity index (χ2v) is 6.94. The van der Waals surface area contributed by atoms with E-state index in [1.807, 2.05) is 60.8 Å². The van der Waals surface area contributed by atoms with Crippen molar-refractivity contribution in [1.29, 1.82) is 0 Å². The summed E-state index contributed by atoms with van der Waals surface area (Å²) in [6, 6.07) is 32.8. The van der Waals surface area contributed by atoms with Gasteiger partial charge in [0, 0.05) is 38.3 Å². The van der Waals surface area contributed by atoms with Gasteiger partial charge in [-0.25, -0.2) is 4.39 Å². The molecule has 0 amide bonds. The van der Waals surface area contributed by atoms with Gasteiger partial charge in [-0.2, -0.15) is 0 Å². The second kappa shape index (κ2) is 12.0. The molecule has 0 unspecified atom stereocenters. The smallest absolute Gasteiger partial charge is 0.0756 e. The molecule has 0 atom stereocenters. The molecule has 0 fully saturated rings. The van der Waals surface area contributed by atoms with Crippen LogP contribution in [0.3, 0.4) is 0 Å². The van der Waals surface area contributed by atoms with Crippen molar-refractivity contribution in [3.05, 3.63) is 133 Å². The monoisotopic (exact) mass is 631 g/mol. The summed E-state index contributed by atoms with van der Waals surface area (Å²) in [5.74, 6) is -3.35. The van der Waals surface area contributed by atoms with Crippen molar-refractivity contribution in [1.82, 2.24) is 9.97 Å². The molecule has 34 heavy (non-hydrogen) atoms. The molecular weight excluding hydrogens is 614 g/mol. The molecule has 0 aliphatic heterocycles. The molecule has 5 rings (SSSR count). The second-order valence-electron chi connectivity index (χ2n) is 6.94. The Balaban J connectivity index is 0.000000188. The molecule has 0 aliphatic rings. The van der Waals surface area contributed by atoms with Gasteiger partial charge in [-0.3, -0.25) is 8.78 Å². The van der Waals surface area contributed by atoms with Gasteiger partial charge >= 0.3 is 0 Å². The summed E-state index contributed by atoms with van der Waals surface area (Å²) in [7, 11) is 0. The summed E-state index contributed by atoms with van der Waals surface area (Å²) in [6.07, 6.45) is 3.28. The average molecular weight is 631 g/mol. The Morgan fingerprint density at radius 3 is 2.06 bits per heavy atom. The van der Waals surface area contributed by atoms with E-state index in [-0.39, 0.29) is 31.4 Å². The third kappa shape index (κ3) is 6.25. The van der Waals surface area contributed by atoms with Crippen molar-refractivity contribution in [2.24, 2.45) is 0 Å². The number of hydrogen-bond acceptors (Lipinski definition) is 2. The number of hydrogen-bond donors (Lipinski definition) is 0. The van der Waals surface area contributed by atoms with E-state index in [1.54, 1.807) is 12.1 Å². The van der Waals surface area contributed by atoms with Crippen LogP contribution in [0.2, 0.25) is 0 Å². The van der Waals surface area contributed by atoms with Crippen molar-refractivity contribution in [3.8, 4) is 33.6 Å². The standard InChI is InChI=1S/C17H12N.C11H5F3N.Ir/c1-3-7-14(8-4-1)16-11-12-18-17(13-16)15-9-5-2-6-10-15;12-8-6-10(14)9(13)5-7(8)11-3-1-2-4-15-11;/h1-9,11-13H;1-4,6H;/q2*-1;. The Bertz CT molecular complexity index is 1280. The average Bonchev–Trinajstić information content (AvgIpc) is 2.88. The summed E-state index contributed by atoms with van der Waals surface area (Å²) in [5.41, 5.74) is 4.41. The molecule has 6 heteroatoms. The fraction of sp³-hybridized carbons (Fsp3) is 0. The third-order valence-corrected chi connectivity index (χ3v) is 4.71. The molecule has 2 heterocycles. The molecule has 0 aliphatic carbocycles. The van der Waals surface area contributed by atoms with Crippen molar-refractivity contribution in [2.75, 3.05) is 0 Å². The molecule has 0 saturated carbocycles. The van der Waals surface area contributed by atoms with E-state index in [1.165, 1.54) is 23.4 Å².